The predicted molar refractivity (Wildman–Crippen MR) is 51.2 cm³/mol. The number of hydrogen-bond acceptors (Lipinski definition) is 2. The molecule has 1 aromatic carbocycles. The van der Waals surface area contributed by atoms with Gasteiger partial charge in [-0.25, -0.2) is 0 Å². The van der Waals surface area contributed by atoms with Crippen molar-refractivity contribution >= 4 is 15.9 Å². The lowest BCUT2D eigenvalue weighted by molar-refractivity contribution is 0.195. The van der Waals surface area contributed by atoms with Crippen molar-refractivity contribution < 1.29 is 10.2 Å². The van der Waals surface area contributed by atoms with Crippen LogP contribution in [0.25, 0.3) is 0 Å². The number of aryl methyl sites for hydroxylation is 1. The van der Waals surface area contributed by atoms with Crippen molar-refractivity contribution in [1.29, 1.82) is 0 Å². The molecule has 3 heteroatoms. The number of aliphatic hydroxyl groups is 1. The van der Waals surface area contributed by atoms with Crippen molar-refractivity contribution in [2.75, 3.05) is 0 Å². The Kier molecular flexibility index (Phi) is 2.75. The van der Waals surface area contributed by atoms with Gasteiger partial charge in [0.1, 0.15) is 5.75 Å². The molecule has 1 aromatic rings. The highest BCUT2D eigenvalue weighted by molar-refractivity contribution is 9.10. The van der Waals surface area contributed by atoms with Crippen LogP contribution in [0, 0.1) is 6.92 Å². The van der Waals surface area contributed by atoms with Gasteiger partial charge in [0.2, 0.25) is 0 Å². The fraction of sp³-hybridized carbons (Fsp3) is 0.333. The van der Waals surface area contributed by atoms with Crippen LogP contribution in [0.4, 0.5) is 0 Å². The fourth-order valence-electron chi connectivity index (χ4n) is 1.02. The highest BCUT2D eigenvalue weighted by atomic mass is 79.9. The number of aromatic hydroxyl groups is 1. The molecule has 1 rings (SSSR count). The molecule has 0 bridgehead atoms. The first-order valence-corrected chi connectivity index (χ1v) is 4.48. The van der Waals surface area contributed by atoms with Gasteiger partial charge in [0.05, 0.1) is 6.10 Å². The number of halogens is 1. The smallest absolute Gasteiger partial charge is 0.121 e. The van der Waals surface area contributed by atoms with Crippen LogP contribution in [-0.4, -0.2) is 10.2 Å². The first kappa shape index (κ1) is 9.55. The molecule has 0 saturated carbocycles. The molecule has 66 valence electrons. The third kappa shape index (κ3) is 1.79. The van der Waals surface area contributed by atoms with Crippen LogP contribution in [0.3, 0.4) is 0 Å². The highest BCUT2D eigenvalue weighted by Crippen LogP contribution is 2.29. The summed E-state index contributed by atoms with van der Waals surface area (Å²) in [5, 5.41) is 18.6. The third-order valence-electron chi connectivity index (χ3n) is 1.76. The molecule has 0 spiro atoms. The second kappa shape index (κ2) is 3.46. The predicted octanol–water partition coefficient (Wildman–Crippen LogP) is 2.52. The fourth-order valence-corrected chi connectivity index (χ4v) is 1.38. The van der Waals surface area contributed by atoms with Crippen LogP contribution < -0.4 is 0 Å². The van der Waals surface area contributed by atoms with E-state index in [-0.39, 0.29) is 5.75 Å². The Morgan fingerprint density at radius 2 is 2.00 bits per heavy atom. The topological polar surface area (TPSA) is 40.5 Å². The van der Waals surface area contributed by atoms with Gasteiger partial charge in [0, 0.05) is 10.0 Å². The molecule has 1 unspecified atom stereocenters. The molecule has 0 amide bonds. The average molecular weight is 231 g/mol. The van der Waals surface area contributed by atoms with Crippen molar-refractivity contribution in [3.05, 3.63) is 27.7 Å². The molecule has 0 aromatic heterocycles. The first-order chi connectivity index (χ1) is 5.52. The quantitative estimate of drug-likeness (QED) is 0.779. The van der Waals surface area contributed by atoms with E-state index in [0.717, 1.165) is 10.0 Å². The van der Waals surface area contributed by atoms with E-state index in [0.29, 0.717) is 5.56 Å². The van der Waals surface area contributed by atoms with E-state index in [2.05, 4.69) is 15.9 Å². The number of hydrogen-bond donors (Lipinski definition) is 2. The summed E-state index contributed by atoms with van der Waals surface area (Å²) in [6.45, 7) is 3.51. The van der Waals surface area contributed by atoms with Crippen LogP contribution in [0.5, 0.6) is 5.75 Å². The maximum absolute atomic E-state index is 9.41. The molecule has 0 fully saturated rings. The SMILES string of the molecule is Cc1cc(O)c(C(C)O)cc1Br. The van der Waals surface area contributed by atoms with Crippen molar-refractivity contribution in [1.82, 2.24) is 0 Å². The van der Waals surface area contributed by atoms with Crippen LogP contribution in [-0.2, 0) is 0 Å². The summed E-state index contributed by atoms with van der Waals surface area (Å²) in [5.41, 5.74) is 1.50. The maximum Gasteiger partial charge on any atom is 0.121 e. The minimum atomic E-state index is -0.637. The second-order valence-electron chi connectivity index (χ2n) is 2.84. The van der Waals surface area contributed by atoms with E-state index in [4.69, 9.17) is 0 Å². The van der Waals surface area contributed by atoms with Crippen molar-refractivity contribution in [3.63, 3.8) is 0 Å². The molecule has 0 aliphatic heterocycles. The Hall–Kier alpha value is -0.540. The second-order valence-corrected chi connectivity index (χ2v) is 3.69. The van der Waals surface area contributed by atoms with Gasteiger partial charge in [-0.05, 0) is 31.5 Å². The number of aliphatic hydroxyl groups excluding tert-OH is 1. The molecule has 2 N–H and O–H groups in total. The lowest BCUT2D eigenvalue weighted by Gasteiger charge is -2.09. The molecule has 2 nitrogen and oxygen atoms in total. The number of benzene rings is 1. The molecule has 12 heavy (non-hydrogen) atoms. The Morgan fingerprint density at radius 3 is 2.50 bits per heavy atom. The minimum Gasteiger partial charge on any atom is -0.508 e. The Morgan fingerprint density at radius 1 is 1.42 bits per heavy atom. The van der Waals surface area contributed by atoms with Crippen LogP contribution in [0.1, 0.15) is 24.2 Å². The molecular weight excluding hydrogens is 220 g/mol. The van der Waals surface area contributed by atoms with Crippen LogP contribution in [0.2, 0.25) is 0 Å². The van der Waals surface area contributed by atoms with Gasteiger partial charge in [-0.2, -0.15) is 0 Å². The maximum atomic E-state index is 9.41. The van der Waals surface area contributed by atoms with E-state index < -0.39 is 6.10 Å². The Bertz CT molecular complexity index is 295. The van der Waals surface area contributed by atoms with E-state index in [1.165, 1.54) is 0 Å². The summed E-state index contributed by atoms with van der Waals surface area (Å²) >= 11 is 3.33. The monoisotopic (exact) mass is 230 g/mol. The molecule has 0 radical (unpaired) electrons. The molecule has 0 saturated heterocycles. The van der Waals surface area contributed by atoms with Crippen molar-refractivity contribution in [2.45, 2.75) is 20.0 Å². The van der Waals surface area contributed by atoms with E-state index >= 15 is 0 Å². The number of phenols is 1. The lowest BCUT2D eigenvalue weighted by atomic mass is 10.1. The van der Waals surface area contributed by atoms with Crippen molar-refractivity contribution in [3.8, 4) is 5.75 Å². The zero-order chi connectivity index (χ0) is 9.30. The van der Waals surface area contributed by atoms with Gasteiger partial charge in [-0.1, -0.05) is 15.9 Å². The molecule has 1 atom stereocenters. The number of phenolic OH excluding ortho intramolecular Hbond substituents is 1. The molecular formula is C9H11BrO2. The molecule has 0 aliphatic rings. The largest absolute Gasteiger partial charge is 0.508 e. The standard InChI is InChI=1S/C9H11BrO2/c1-5-3-9(12)7(6(2)11)4-8(5)10/h3-4,6,11-12H,1-2H3. The normalized spacial score (nSPS) is 13.0. The first-order valence-electron chi connectivity index (χ1n) is 3.69. The van der Waals surface area contributed by atoms with E-state index in [1.807, 2.05) is 6.92 Å². The zero-order valence-electron chi connectivity index (χ0n) is 7.00. The summed E-state index contributed by atoms with van der Waals surface area (Å²) in [7, 11) is 0. The summed E-state index contributed by atoms with van der Waals surface area (Å²) in [5.74, 6) is 0.144. The zero-order valence-corrected chi connectivity index (χ0v) is 8.59. The van der Waals surface area contributed by atoms with Crippen LogP contribution >= 0.6 is 15.9 Å². The summed E-state index contributed by atoms with van der Waals surface area (Å²) in [6.07, 6.45) is -0.637. The van der Waals surface area contributed by atoms with Gasteiger partial charge in [0.15, 0.2) is 0 Å². The number of rotatable bonds is 1. The van der Waals surface area contributed by atoms with Gasteiger partial charge in [-0.3, -0.25) is 0 Å². The van der Waals surface area contributed by atoms with Gasteiger partial charge < -0.3 is 10.2 Å². The van der Waals surface area contributed by atoms with Gasteiger partial charge >= 0.3 is 0 Å². The molecule has 0 heterocycles. The minimum absolute atomic E-state index is 0.144. The highest BCUT2D eigenvalue weighted by Gasteiger charge is 2.08. The Balaban J connectivity index is 3.23. The molecule has 0 aliphatic carbocycles. The third-order valence-corrected chi connectivity index (χ3v) is 2.61. The van der Waals surface area contributed by atoms with E-state index in [1.54, 1.807) is 19.1 Å². The lowest BCUT2D eigenvalue weighted by Crippen LogP contribution is -1.92. The Labute approximate surface area is 80.0 Å². The van der Waals surface area contributed by atoms with Gasteiger partial charge in [-0.15, -0.1) is 0 Å². The summed E-state index contributed by atoms with van der Waals surface area (Å²) in [4.78, 5) is 0. The van der Waals surface area contributed by atoms with Gasteiger partial charge in [0.25, 0.3) is 0 Å². The van der Waals surface area contributed by atoms with Crippen molar-refractivity contribution in [2.24, 2.45) is 0 Å². The van der Waals surface area contributed by atoms with E-state index in [9.17, 15) is 10.2 Å². The van der Waals surface area contributed by atoms with Crippen LogP contribution in [0.15, 0.2) is 16.6 Å². The average Bonchev–Trinajstić information content (AvgIpc) is 1.96. The summed E-state index contributed by atoms with van der Waals surface area (Å²) < 4.78 is 0.899. The summed E-state index contributed by atoms with van der Waals surface area (Å²) in [6, 6.07) is 3.36.